The van der Waals surface area contributed by atoms with Crippen LogP contribution < -0.4 is 5.73 Å². The van der Waals surface area contributed by atoms with Gasteiger partial charge >= 0.3 is 28.6 Å². The van der Waals surface area contributed by atoms with Gasteiger partial charge in [-0.05, 0) is 0 Å². The van der Waals surface area contributed by atoms with Gasteiger partial charge in [-0.1, -0.05) is 4.32 Å². The second-order valence-corrected chi connectivity index (χ2v) is 6.45. The smallest absolute Gasteiger partial charge is 0.734 e. The quantitative estimate of drug-likeness (QED) is 0.187. The fourth-order valence-corrected chi connectivity index (χ4v) is 0. The van der Waals surface area contributed by atoms with Gasteiger partial charge < -0.3 is 35.1 Å². The molecule has 0 saturated heterocycles. The Labute approximate surface area is 98.1 Å². The molecule has 13 heavy (non-hydrogen) atoms. The van der Waals surface area contributed by atoms with Gasteiger partial charge in [0.25, 0.3) is 0 Å². The monoisotopic (exact) mass is 317 g/mol. The Balaban J connectivity index is -0.000000173. The summed E-state index contributed by atoms with van der Waals surface area (Å²) < 4.78 is 53.9. The summed E-state index contributed by atoms with van der Waals surface area (Å²) in [4.78, 5) is 0. The average molecular weight is 319 g/mol. The predicted octanol–water partition coefficient (Wildman–Crippen LogP) is -1.89. The third kappa shape index (κ3) is 15.3. The van der Waals surface area contributed by atoms with Crippen molar-refractivity contribution in [3.05, 3.63) is 0 Å². The number of rotatable bonds is 1. The van der Waals surface area contributed by atoms with Crippen molar-refractivity contribution in [2.45, 2.75) is 0 Å². The molecule has 0 unspecified atom stereocenters. The van der Waals surface area contributed by atoms with Crippen molar-refractivity contribution >= 4 is 47.5 Å². The number of nitrogens with two attached hydrogens (primary N) is 1. The van der Waals surface area contributed by atoms with E-state index in [1.807, 2.05) is 0 Å². The van der Waals surface area contributed by atoms with E-state index in [1.165, 1.54) is 0 Å². The van der Waals surface area contributed by atoms with E-state index in [0.717, 1.165) is 0 Å². The van der Waals surface area contributed by atoms with E-state index in [-0.39, 0.29) is 23.8 Å². The number of thiocarbonyl (C=S) groups is 1. The van der Waals surface area contributed by atoms with Crippen LogP contribution in [0.2, 0.25) is 0 Å². The van der Waals surface area contributed by atoms with E-state index >= 15 is 0 Å². The molecule has 0 amide bonds. The number of hydrogen-bond acceptors (Lipinski definition) is 7. The first-order valence-corrected chi connectivity index (χ1v) is 6.06. The molecule has 74 valence electrons. The molecule has 0 bridgehead atoms. The van der Waals surface area contributed by atoms with Crippen LogP contribution in [0.1, 0.15) is 0 Å². The minimum Gasteiger partial charge on any atom is -0.734 e. The van der Waals surface area contributed by atoms with Crippen LogP contribution in [0.25, 0.3) is 0 Å². The predicted molar refractivity (Wildman–Crippen MR) is 45.4 cm³/mol. The van der Waals surface area contributed by atoms with E-state index in [4.69, 9.17) is 4.55 Å². The third-order valence-electron chi connectivity index (χ3n) is 0.258. The minimum atomic E-state index is -5.56. The molecular formula is CH3NO6S4Zn. The molecule has 0 aromatic rings. The molecule has 0 aliphatic rings. The first-order chi connectivity index (χ1) is 4.98. The summed E-state index contributed by atoms with van der Waals surface area (Å²) in [7, 11) is -11.0. The Bertz CT molecular complexity index is 307. The Hall–Kier alpha value is 0.553. The van der Waals surface area contributed by atoms with Crippen molar-refractivity contribution < 1.29 is 45.4 Å². The fourth-order valence-electron chi connectivity index (χ4n) is 0. The zero-order chi connectivity index (χ0) is 10.6. The van der Waals surface area contributed by atoms with Crippen LogP contribution in [-0.4, -0.2) is 30.3 Å². The molecular weight excluding hydrogens is 316 g/mol. The maximum atomic E-state index is 9.31. The molecule has 0 atom stereocenters. The van der Waals surface area contributed by atoms with Crippen LogP contribution in [0.15, 0.2) is 0 Å². The maximum absolute atomic E-state index is 9.31. The van der Waals surface area contributed by atoms with Crippen molar-refractivity contribution in [1.29, 1.82) is 0 Å². The third-order valence-corrected chi connectivity index (χ3v) is 2.32. The number of hydrogen-bond donors (Lipinski definition) is 2. The summed E-state index contributed by atoms with van der Waals surface area (Å²) in [5.74, 6) is 0. The van der Waals surface area contributed by atoms with E-state index in [0.29, 0.717) is 0 Å². The molecule has 0 radical (unpaired) electrons. The molecule has 0 aliphatic heterocycles. The van der Waals surface area contributed by atoms with Crippen LogP contribution in [0.5, 0.6) is 0 Å². The summed E-state index contributed by atoms with van der Waals surface area (Å²) >= 11 is 8.26. The second kappa shape index (κ2) is 6.93. The zero-order valence-corrected chi connectivity index (χ0v) is 12.1. The van der Waals surface area contributed by atoms with Gasteiger partial charge in [0.05, 0.1) is 0 Å². The van der Waals surface area contributed by atoms with Crippen LogP contribution in [0, 0.1) is 0 Å². The summed E-state index contributed by atoms with van der Waals surface area (Å²) in [5.41, 5.74) is 4.66. The molecule has 7 nitrogen and oxygen atoms in total. The van der Waals surface area contributed by atoms with E-state index < -0.39 is 18.3 Å². The Morgan fingerprint density at radius 2 is 1.46 bits per heavy atom. The Morgan fingerprint density at radius 1 is 1.38 bits per heavy atom. The molecule has 12 heteroatoms. The van der Waals surface area contributed by atoms with Gasteiger partial charge in [-0.2, -0.15) is 8.42 Å². The Morgan fingerprint density at radius 3 is 1.46 bits per heavy atom. The summed E-state index contributed by atoms with van der Waals surface area (Å²) in [6.45, 7) is 0. The molecule has 0 aliphatic carbocycles. The van der Waals surface area contributed by atoms with Gasteiger partial charge in [-0.3, -0.25) is 4.55 Å². The van der Waals surface area contributed by atoms with Gasteiger partial charge in [0.2, 0.25) is 9.15 Å². The van der Waals surface area contributed by atoms with Gasteiger partial charge in [-0.25, -0.2) is 8.42 Å². The molecule has 0 heterocycles. The van der Waals surface area contributed by atoms with Crippen LogP contribution in [0.3, 0.4) is 0 Å². The van der Waals surface area contributed by atoms with Crippen LogP contribution >= 0.6 is 12.2 Å². The van der Waals surface area contributed by atoms with Crippen LogP contribution in [-0.2, 0) is 50.4 Å². The van der Waals surface area contributed by atoms with Gasteiger partial charge in [0.1, 0.15) is 0 Å². The summed E-state index contributed by atoms with van der Waals surface area (Å²) in [6.07, 6.45) is 0. The topological polar surface area (TPSA) is 138 Å². The van der Waals surface area contributed by atoms with Gasteiger partial charge in [0, 0.05) is 0 Å². The largest absolute Gasteiger partial charge is 2.00 e. The molecule has 3 N–H and O–H groups in total. The average Bonchev–Trinajstić information content (AvgIpc) is 1.55. The minimum absolute atomic E-state index is 0. The molecule has 0 fully saturated rings. The summed E-state index contributed by atoms with van der Waals surface area (Å²) in [5, 5.41) is 0. The first-order valence-electron chi connectivity index (χ1n) is 1.88. The normalized spacial score (nSPS) is 10.3. The molecule has 0 aromatic heterocycles. The Kier molecular flexibility index (Phi) is 10.2. The SMILES string of the molecule is NC(=S)[S-].O=S(=O)([O-])S(=O)(=O)O.[Zn+2]. The fraction of sp³-hybridized carbons (Fsp3) is 0. The van der Waals surface area contributed by atoms with Crippen molar-refractivity contribution in [1.82, 2.24) is 0 Å². The van der Waals surface area contributed by atoms with Gasteiger partial charge in [0.15, 0.2) is 0 Å². The second-order valence-electron chi connectivity index (χ2n) is 1.16. The van der Waals surface area contributed by atoms with Crippen LogP contribution in [0.4, 0.5) is 0 Å². The maximum Gasteiger partial charge on any atom is 2.00 e. The van der Waals surface area contributed by atoms with E-state index in [1.54, 1.807) is 0 Å². The molecule has 0 rings (SSSR count). The van der Waals surface area contributed by atoms with E-state index in [2.05, 4.69) is 30.6 Å². The van der Waals surface area contributed by atoms with Crippen molar-refractivity contribution in [3.63, 3.8) is 0 Å². The standard InChI is InChI=1S/CH3NS2.H2O6S2.Zn/c2-1(3)4;1-7(2,3)8(4,5)6;/h(H3,2,3,4);(H,1,2,3)(H,4,5,6);/q;;+2/p-2. The first kappa shape index (κ1) is 19.2. The summed E-state index contributed by atoms with van der Waals surface area (Å²) in [6, 6.07) is 0. The van der Waals surface area contributed by atoms with Gasteiger partial charge in [-0.15, -0.1) is 0 Å². The molecule has 0 saturated carbocycles. The van der Waals surface area contributed by atoms with Crippen molar-refractivity contribution in [2.24, 2.45) is 5.73 Å². The van der Waals surface area contributed by atoms with Crippen molar-refractivity contribution in [3.8, 4) is 0 Å². The molecule has 0 spiro atoms. The van der Waals surface area contributed by atoms with Crippen molar-refractivity contribution in [2.75, 3.05) is 0 Å². The van der Waals surface area contributed by atoms with E-state index in [9.17, 15) is 21.4 Å². The molecule has 0 aromatic carbocycles. The zero-order valence-electron chi connectivity index (χ0n) is 5.91.